The first kappa shape index (κ1) is 8.05. The van der Waals surface area contributed by atoms with E-state index in [1.165, 1.54) is 6.42 Å². The lowest BCUT2D eigenvalue weighted by Crippen LogP contribution is -2.54. The molecule has 2 aliphatic rings. The second kappa shape index (κ2) is 3.05. The first-order valence-corrected chi connectivity index (χ1v) is 4.75. The van der Waals surface area contributed by atoms with E-state index >= 15 is 0 Å². The van der Waals surface area contributed by atoms with Crippen molar-refractivity contribution in [2.24, 2.45) is 5.92 Å². The molecule has 0 aromatic carbocycles. The summed E-state index contributed by atoms with van der Waals surface area (Å²) in [6.07, 6.45) is 3.11. The van der Waals surface area contributed by atoms with Crippen molar-refractivity contribution in [3.05, 3.63) is 0 Å². The minimum absolute atomic E-state index is 0.319. The molecule has 2 saturated heterocycles. The number of hydrogen-bond acceptors (Lipinski definition) is 2. The summed E-state index contributed by atoms with van der Waals surface area (Å²) < 4.78 is 0. The Morgan fingerprint density at radius 2 is 2.33 bits per heavy atom. The number of fused-ring (bicyclic) bond motifs is 1. The minimum atomic E-state index is 0.319. The first-order valence-electron chi connectivity index (χ1n) is 4.75. The largest absolute Gasteiger partial charge is 0.341 e. The molecule has 2 heterocycles. The molecule has 0 unspecified atom stereocenters. The van der Waals surface area contributed by atoms with Gasteiger partial charge < -0.3 is 10.2 Å². The van der Waals surface area contributed by atoms with Gasteiger partial charge in [0.25, 0.3) is 0 Å². The Bertz CT molecular complexity index is 193. The molecule has 0 aromatic heterocycles. The van der Waals surface area contributed by atoms with Crippen molar-refractivity contribution in [2.75, 3.05) is 20.1 Å². The molecule has 0 saturated carbocycles. The average Bonchev–Trinajstić information content (AvgIpc) is 2.12. The number of hydrogen-bond donors (Lipinski definition) is 1. The van der Waals surface area contributed by atoms with Gasteiger partial charge in [-0.05, 0) is 25.3 Å². The van der Waals surface area contributed by atoms with Gasteiger partial charge in [0.05, 0.1) is 0 Å². The Balaban J connectivity index is 2.08. The number of carbonyl (C=O) groups excluding carboxylic acids is 1. The lowest BCUT2D eigenvalue weighted by Gasteiger charge is -2.42. The SMILES string of the molecule is CN1C(=O)CC[C@@H]2CCNC[C@H]21. The molecule has 2 aliphatic heterocycles. The summed E-state index contributed by atoms with van der Waals surface area (Å²) in [6.45, 7) is 2.12. The predicted octanol–water partition coefficient (Wildman–Crippen LogP) is 0.217. The summed E-state index contributed by atoms with van der Waals surface area (Å²) in [5, 5.41) is 3.34. The molecule has 3 nitrogen and oxygen atoms in total. The molecular formula is C9H16N2O. The van der Waals surface area contributed by atoms with Gasteiger partial charge >= 0.3 is 0 Å². The van der Waals surface area contributed by atoms with Crippen molar-refractivity contribution in [2.45, 2.75) is 25.3 Å². The molecule has 3 heteroatoms. The number of nitrogens with one attached hydrogen (secondary N) is 1. The molecule has 0 spiro atoms. The highest BCUT2D eigenvalue weighted by Crippen LogP contribution is 2.27. The molecule has 0 aliphatic carbocycles. The summed E-state index contributed by atoms with van der Waals surface area (Å²) >= 11 is 0. The van der Waals surface area contributed by atoms with Gasteiger partial charge in [-0.25, -0.2) is 0 Å². The fraction of sp³-hybridized carbons (Fsp3) is 0.889. The van der Waals surface area contributed by atoms with E-state index in [9.17, 15) is 4.79 Å². The fourth-order valence-corrected chi connectivity index (χ4v) is 2.36. The highest BCUT2D eigenvalue weighted by molar-refractivity contribution is 5.77. The molecule has 2 atom stereocenters. The van der Waals surface area contributed by atoms with Gasteiger partial charge in [-0.15, -0.1) is 0 Å². The van der Waals surface area contributed by atoms with Crippen LogP contribution in [0.4, 0.5) is 0 Å². The van der Waals surface area contributed by atoms with Gasteiger partial charge in [0.15, 0.2) is 0 Å². The molecular weight excluding hydrogens is 152 g/mol. The van der Waals surface area contributed by atoms with E-state index in [2.05, 4.69) is 5.32 Å². The molecule has 2 rings (SSSR count). The second-order valence-corrected chi connectivity index (χ2v) is 3.86. The quantitative estimate of drug-likeness (QED) is 0.561. The maximum Gasteiger partial charge on any atom is 0.222 e. The van der Waals surface area contributed by atoms with E-state index in [0.717, 1.165) is 31.8 Å². The van der Waals surface area contributed by atoms with Gasteiger partial charge in [-0.2, -0.15) is 0 Å². The zero-order valence-corrected chi connectivity index (χ0v) is 7.55. The Labute approximate surface area is 73.1 Å². The van der Waals surface area contributed by atoms with Crippen molar-refractivity contribution in [3.8, 4) is 0 Å². The van der Waals surface area contributed by atoms with Crippen LogP contribution in [0.5, 0.6) is 0 Å². The van der Waals surface area contributed by atoms with Crippen molar-refractivity contribution in [3.63, 3.8) is 0 Å². The van der Waals surface area contributed by atoms with E-state index in [1.54, 1.807) is 0 Å². The summed E-state index contributed by atoms with van der Waals surface area (Å²) in [5.41, 5.74) is 0. The van der Waals surface area contributed by atoms with Crippen LogP contribution in [0.25, 0.3) is 0 Å². The molecule has 2 fully saturated rings. The van der Waals surface area contributed by atoms with Crippen LogP contribution < -0.4 is 5.32 Å². The number of likely N-dealkylation sites (N-methyl/N-ethyl adjacent to an activating group) is 1. The molecule has 0 aromatic rings. The third-order valence-corrected chi connectivity index (χ3v) is 3.21. The smallest absolute Gasteiger partial charge is 0.222 e. The topological polar surface area (TPSA) is 32.3 Å². The number of rotatable bonds is 0. The Hall–Kier alpha value is -0.570. The highest BCUT2D eigenvalue weighted by Gasteiger charge is 2.34. The van der Waals surface area contributed by atoms with Crippen LogP contribution in [0.1, 0.15) is 19.3 Å². The standard InChI is InChI=1S/C9H16N2O/c1-11-8-6-10-5-4-7(8)2-3-9(11)12/h7-8,10H,2-6H2,1H3/t7-,8-/m1/s1. The molecule has 0 radical (unpaired) electrons. The average molecular weight is 168 g/mol. The van der Waals surface area contributed by atoms with Gasteiger partial charge in [-0.3, -0.25) is 4.79 Å². The van der Waals surface area contributed by atoms with Crippen LogP contribution in [-0.4, -0.2) is 37.0 Å². The number of piperidine rings is 2. The Kier molecular flexibility index (Phi) is 2.05. The van der Waals surface area contributed by atoms with Gasteiger partial charge in [0.2, 0.25) is 5.91 Å². The Morgan fingerprint density at radius 1 is 1.50 bits per heavy atom. The molecule has 12 heavy (non-hydrogen) atoms. The van der Waals surface area contributed by atoms with Crippen molar-refractivity contribution in [1.82, 2.24) is 10.2 Å². The van der Waals surface area contributed by atoms with Crippen molar-refractivity contribution >= 4 is 5.91 Å². The number of carbonyl (C=O) groups is 1. The number of nitrogens with zero attached hydrogens (tertiary/aromatic N) is 1. The Morgan fingerprint density at radius 3 is 3.17 bits per heavy atom. The van der Waals surface area contributed by atoms with Crippen LogP contribution in [0.3, 0.4) is 0 Å². The minimum Gasteiger partial charge on any atom is -0.341 e. The fourth-order valence-electron chi connectivity index (χ4n) is 2.36. The second-order valence-electron chi connectivity index (χ2n) is 3.86. The van der Waals surface area contributed by atoms with E-state index < -0.39 is 0 Å². The van der Waals surface area contributed by atoms with E-state index in [-0.39, 0.29) is 0 Å². The van der Waals surface area contributed by atoms with Gasteiger partial charge in [-0.1, -0.05) is 0 Å². The van der Waals surface area contributed by atoms with Crippen molar-refractivity contribution in [1.29, 1.82) is 0 Å². The van der Waals surface area contributed by atoms with E-state index in [0.29, 0.717) is 11.9 Å². The van der Waals surface area contributed by atoms with E-state index in [4.69, 9.17) is 0 Å². The summed E-state index contributed by atoms with van der Waals surface area (Å²) in [7, 11) is 1.94. The normalized spacial score (nSPS) is 36.4. The molecule has 1 amide bonds. The number of amides is 1. The summed E-state index contributed by atoms with van der Waals surface area (Å²) in [6, 6.07) is 0.472. The first-order chi connectivity index (χ1) is 5.79. The van der Waals surface area contributed by atoms with Gasteiger partial charge in [0, 0.05) is 26.1 Å². The number of likely N-dealkylation sites (tertiary alicyclic amines) is 1. The molecule has 68 valence electrons. The van der Waals surface area contributed by atoms with Crippen molar-refractivity contribution < 1.29 is 4.79 Å². The van der Waals surface area contributed by atoms with Crippen LogP contribution in [0.15, 0.2) is 0 Å². The van der Waals surface area contributed by atoms with Crippen LogP contribution >= 0.6 is 0 Å². The monoisotopic (exact) mass is 168 g/mol. The van der Waals surface area contributed by atoms with E-state index in [1.807, 2.05) is 11.9 Å². The maximum atomic E-state index is 11.3. The third-order valence-electron chi connectivity index (χ3n) is 3.21. The molecule has 0 bridgehead atoms. The third kappa shape index (κ3) is 1.22. The summed E-state index contributed by atoms with van der Waals surface area (Å²) in [4.78, 5) is 13.3. The molecule has 1 N–H and O–H groups in total. The predicted molar refractivity (Wildman–Crippen MR) is 46.8 cm³/mol. The maximum absolute atomic E-state index is 11.3. The van der Waals surface area contributed by atoms with Gasteiger partial charge in [0.1, 0.15) is 0 Å². The zero-order chi connectivity index (χ0) is 8.55. The van der Waals surface area contributed by atoms with Crippen LogP contribution in [0.2, 0.25) is 0 Å². The van der Waals surface area contributed by atoms with Crippen LogP contribution in [-0.2, 0) is 4.79 Å². The summed E-state index contributed by atoms with van der Waals surface area (Å²) in [5.74, 6) is 1.08. The highest BCUT2D eigenvalue weighted by atomic mass is 16.2. The van der Waals surface area contributed by atoms with Crippen LogP contribution in [0, 0.1) is 5.92 Å². The lowest BCUT2D eigenvalue weighted by molar-refractivity contribution is -0.137. The zero-order valence-electron chi connectivity index (χ0n) is 7.55. The lowest BCUT2D eigenvalue weighted by atomic mass is 9.84.